The molecule has 2 amide bonds. The summed E-state index contributed by atoms with van der Waals surface area (Å²) < 4.78 is 50.3. The summed E-state index contributed by atoms with van der Waals surface area (Å²) in [5, 5.41) is 9.78. The number of nitrogens with zero attached hydrogens (tertiary/aromatic N) is 3. The van der Waals surface area contributed by atoms with Crippen LogP contribution in [0.4, 0.5) is 18.0 Å². The second kappa shape index (κ2) is 12.7. The Bertz CT molecular complexity index is 1460. The number of likely N-dealkylation sites (tertiary alicyclic amines) is 1. The molecule has 4 atom stereocenters. The van der Waals surface area contributed by atoms with E-state index in [1.807, 2.05) is 51.1 Å². The maximum absolute atomic E-state index is 15.3. The Morgan fingerprint density at radius 3 is 2.53 bits per heavy atom. The summed E-state index contributed by atoms with van der Waals surface area (Å²) in [5.41, 5.74) is 0.879. The van der Waals surface area contributed by atoms with Gasteiger partial charge in [0.25, 0.3) is 5.91 Å². The predicted molar refractivity (Wildman–Crippen MR) is 158 cm³/mol. The monoisotopic (exact) mass is 615 g/mol. The number of carbonyl (C=O) groups excluding carboxylic acids is 1. The van der Waals surface area contributed by atoms with Crippen molar-refractivity contribution in [3.8, 4) is 10.6 Å². The molecule has 2 fully saturated rings. The van der Waals surface area contributed by atoms with E-state index in [0.717, 1.165) is 33.5 Å². The Balaban J connectivity index is 1.63. The lowest BCUT2D eigenvalue weighted by Crippen LogP contribution is -2.49. The molecule has 3 aromatic rings. The molecule has 2 aromatic carbocycles. The zero-order chi connectivity index (χ0) is 30.9. The van der Waals surface area contributed by atoms with Crippen LogP contribution in [0.1, 0.15) is 55.8 Å². The third-order valence-electron chi connectivity index (χ3n) is 8.04. The lowest BCUT2D eigenvalue weighted by Gasteiger charge is -2.42. The van der Waals surface area contributed by atoms with Crippen LogP contribution in [0.25, 0.3) is 10.6 Å². The summed E-state index contributed by atoms with van der Waals surface area (Å²) >= 11 is 1.24. The van der Waals surface area contributed by atoms with E-state index in [9.17, 15) is 23.5 Å². The summed E-state index contributed by atoms with van der Waals surface area (Å²) in [5.74, 6) is -2.27. The van der Waals surface area contributed by atoms with Crippen LogP contribution in [0.5, 0.6) is 0 Å². The minimum Gasteiger partial charge on any atom is -0.465 e. The standard InChI is InChI=1S/C32H36F3N3O4S/c1-32(2,3)28(38(30(39)25-10-7-13-42-25)17-20-16-37(31(40)41)18-24(20)35)27-26(14-19-8-5-4-6-9-19)43-29(36-27)22-15-21(33)11-12-23(22)34/h4-6,8-9,11-12,15,20,24-25,28H,7,10,13-14,16-18H2,1-3H3,(H,40,41)/t20?,24?,25-,28-/m0/s1. The van der Waals surface area contributed by atoms with E-state index in [4.69, 9.17) is 9.72 Å². The molecule has 7 nitrogen and oxygen atoms in total. The van der Waals surface area contributed by atoms with Crippen LogP contribution < -0.4 is 0 Å². The van der Waals surface area contributed by atoms with E-state index in [1.165, 1.54) is 11.3 Å². The fourth-order valence-corrected chi connectivity index (χ4v) is 7.12. The van der Waals surface area contributed by atoms with Gasteiger partial charge < -0.3 is 19.6 Å². The van der Waals surface area contributed by atoms with E-state index in [2.05, 4.69) is 0 Å². The van der Waals surface area contributed by atoms with Crippen LogP contribution in [0, 0.1) is 23.0 Å². The molecule has 11 heteroatoms. The molecule has 0 radical (unpaired) electrons. The van der Waals surface area contributed by atoms with Gasteiger partial charge in [-0.25, -0.2) is 22.9 Å². The second-order valence-electron chi connectivity index (χ2n) is 12.3. The van der Waals surface area contributed by atoms with Crippen molar-refractivity contribution < 1.29 is 32.6 Å². The number of carboxylic acid groups (broad SMARTS) is 1. The zero-order valence-electron chi connectivity index (χ0n) is 24.4. The molecule has 0 spiro atoms. The number of hydrogen-bond donors (Lipinski definition) is 1. The van der Waals surface area contributed by atoms with E-state index in [-0.39, 0.29) is 36.1 Å². The van der Waals surface area contributed by atoms with Crippen molar-refractivity contribution in [2.45, 2.75) is 58.4 Å². The van der Waals surface area contributed by atoms with Crippen molar-refractivity contribution in [3.63, 3.8) is 0 Å². The molecule has 2 unspecified atom stereocenters. The van der Waals surface area contributed by atoms with Crippen LogP contribution in [0.15, 0.2) is 48.5 Å². The van der Waals surface area contributed by atoms with Gasteiger partial charge in [-0.05, 0) is 42.0 Å². The van der Waals surface area contributed by atoms with Crippen LogP contribution in [0.3, 0.4) is 0 Å². The molecule has 1 aromatic heterocycles. The number of carbonyl (C=O) groups is 2. The average Bonchev–Trinajstić information content (AvgIpc) is 3.71. The fourth-order valence-electron chi connectivity index (χ4n) is 5.98. The van der Waals surface area contributed by atoms with Crippen LogP contribution in [-0.2, 0) is 16.0 Å². The highest BCUT2D eigenvalue weighted by Crippen LogP contribution is 2.45. The SMILES string of the molecule is CC(C)(C)[C@H](c1nc(-c2cc(F)ccc2F)sc1Cc1ccccc1)N(CC1CN(C(=O)O)CC1F)C(=O)[C@@H]1CCCO1. The number of benzene rings is 2. The van der Waals surface area contributed by atoms with Gasteiger partial charge in [0.15, 0.2) is 0 Å². The van der Waals surface area contributed by atoms with Gasteiger partial charge in [-0.2, -0.15) is 0 Å². The number of aromatic nitrogens is 1. The molecule has 3 heterocycles. The molecule has 0 bridgehead atoms. The Labute approximate surface area is 253 Å². The highest BCUT2D eigenvalue weighted by atomic mass is 32.1. The molecule has 2 aliphatic heterocycles. The van der Waals surface area contributed by atoms with E-state index < -0.39 is 47.4 Å². The Hall–Kier alpha value is -3.44. The van der Waals surface area contributed by atoms with Crippen molar-refractivity contribution in [2.75, 3.05) is 26.2 Å². The Morgan fingerprint density at radius 2 is 1.91 bits per heavy atom. The number of hydrogen-bond acceptors (Lipinski definition) is 5. The quantitative estimate of drug-likeness (QED) is 0.304. The largest absolute Gasteiger partial charge is 0.465 e. The lowest BCUT2D eigenvalue weighted by atomic mass is 9.81. The van der Waals surface area contributed by atoms with Crippen molar-refractivity contribution in [1.82, 2.24) is 14.8 Å². The minimum absolute atomic E-state index is 0.0203. The molecule has 1 N–H and O–H groups in total. The molecule has 43 heavy (non-hydrogen) atoms. The van der Waals surface area contributed by atoms with Gasteiger partial charge in [0.1, 0.15) is 28.9 Å². The third kappa shape index (κ3) is 6.88. The molecular weight excluding hydrogens is 579 g/mol. The second-order valence-corrected chi connectivity index (χ2v) is 13.4. The molecular formula is C32H36F3N3O4S. The van der Waals surface area contributed by atoms with E-state index in [0.29, 0.717) is 31.6 Å². The number of rotatable bonds is 8. The van der Waals surface area contributed by atoms with Gasteiger partial charge in [0.05, 0.1) is 18.3 Å². The average molecular weight is 616 g/mol. The highest BCUT2D eigenvalue weighted by molar-refractivity contribution is 7.15. The van der Waals surface area contributed by atoms with Gasteiger partial charge >= 0.3 is 6.09 Å². The first kappa shape index (κ1) is 31.0. The van der Waals surface area contributed by atoms with Crippen molar-refractivity contribution in [2.24, 2.45) is 11.3 Å². The topological polar surface area (TPSA) is 83.0 Å². The summed E-state index contributed by atoms with van der Waals surface area (Å²) in [6.45, 7) is 5.94. The van der Waals surface area contributed by atoms with E-state index in [1.54, 1.807) is 4.90 Å². The first-order chi connectivity index (χ1) is 20.4. The van der Waals surface area contributed by atoms with Gasteiger partial charge in [-0.15, -0.1) is 11.3 Å². The number of halogens is 3. The highest BCUT2D eigenvalue weighted by Gasteiger charge is 2.45. The molecule has 2 saturated heterocycles. The maximum Gasteiger partial charge on any atom is 0.407 e. The summed E-state index contributed by atoms with van der Waals surface area (Å²) in [6.07, 6.45) is -1.71. The molecule has 2 aliphatic rings. The number of thiazole rings is 1. The number of ether oxygens (including phenoxy) is 1. The molecule has 230 valence electrons. The van der Waals surface area contributed by atoms with Gasteiger partial charge in [-0.3, -0.25) is 4.79 Å². The normalized spacial score (nSPS) is 21.3. The third-order valence-corrected chi connectivity index (χ3v) is 9.14. The van der Waals surface area contributed by atoms with Gasteiger partial charge in [0.2, 0.25) is 0 Å². The summed E-state index contributed by atoms with van der Waals surface area (Å²) in [7, 11) is 0. The van der Waals surface area contributed by atoms with Crippen molar-refractivity contribution >= 4 is 23.3 Å². The van der Waals surface area contributed by atoms with E-state index >= 15 is 4.39 Å². The molecule has 0 saturated carbocycles. The number of amides is 2. The fraction of sp³-hybridized carbons (Fsp3) is 0.469. The molecule has 0 aliphatic carbocycles. The van der Waals surface area contributed by atoms with Gasteiger partial charge in [0, 0.05) is 42.5 Å². The predicted octanol–water partition coefficient (Wildman–Crippen LogP) is 6.72. The Kier molecular flexibility index (Phi) is 9.12. The first-order valence-electron chi connectivity index (χ1n) is 14.5. The smallest absolute Gasteiger partial charge is 0.407 e. The maximum atomic E-state index is 15.3. The van der Waals surface area contributed by atoms with Crippen LogP contribution in [0.2, 0.25) is 0 Å². The van der Waals surface area contributed by atoms with Crippen molar-refractivity contribution in [3.05, 3.63) is 76.3 Å². The Morgan fingerprint density at radius 1 is 1.16 bits per heavy atom. The van der Waals surface area contributed by atoms with Crippen LogP contribution in [-0.4, -0.2) is 70.4 Å². The number of alkyl halides is 1. The minimum atomic E-state index is -1.45. The summed E-state index contributed by atoms with van der Waals surface area (Å²) in [6, 6.07) is 12.2. The molecule has 5 rings (SSSR count). The summed E-state index contributed by atoms with van der Waals surface area (Å²) in [4.78, 5) is 34.1. The zero-order valence-corrected chi connectivity index (χ0v) is 25.3. The first-order valence-corrected chi connectivity index (χ1v) is 15.3. The van der Waals surface area contributed by atoms with Crippen molar-refractivity contribution in [1.29, 1.82) is 0 Å². The van der Waals surface area contributed by atoms with Gasteiger partial charge in [-0.1, -0.05) is 51.1 Å². The lowest BCUT2D eigenvalue weighted by molar-refractivity contribution is -0.147. The van der Waals surface area contributed by atoms with Crippen LogP contribution >= 0.6 is 11.3 Å².